The van der Waals surface area contributed by atoms with Gasteiger partial charge in [0.25, 0.3) is 5.91 Å². The van der Waals surface area contributed by atoms with Gasteiger partial charge in [-0.05, 0) is 48.5 Å². The third-order valence-corrected chi connectivity index (χ3v) is 11.1. The average Bonchev–Trinajstić information content (AvgIpc) is 3.63. The standard InChI is InChI=1S/C42H58N6O8/c1-6-14-30(35(50)39(53)46-31(41(55)56)23-26-15-10-8-11-16-26)45-38(52)34-27(7-2)19-22-48(34)40(54)36(42(3,4)5)47-37(51)29(28-17-12-9-13-18-28)24-33(49)32-25-43-20-21-44-32/h8,10-11,15-16,20-21,25,27-31,34,36H,6-7,9,12-14,17-19,22-24H2,1-5H3,(H,45,52)(H,46,53)(H,47,51)(H,55,56)/t27-,29-,30?,31-,34-,36+/m0/s1. The summed E-state index contributed by atoms with van der Waals surface area (Å²) in [7, 11) is 0. The molecule has 1 saturated carbocycles. The lowest BCUT2D eigenvalue weighted by atomic mass is 9.76. The van der Waals surface area contributed by atoms with Crippen LogP contribution in [0.2, 0.25) is 0 Å². The largest absolute Gasteiger partial charge is 0.480 e. The number of amides is 4. The Kier molecular flexibility index (Phi) is 15.8. The smallest absolute Gasteiger partial charge is 0.326 e. The summed E-state index contributed by atoms with van der Waals surface area (Å²) in [5.41, 5.74) is 0.0447. The Balaban J connectivity index is 1.53. The van der Waals surface area contributed by atoms with Crippen LogP contribution in [0.25, 0.3) is 0 Å². The summed E-state index contributed by atoms with van der Waals surface area (Å²) in [5.74, 6) is -6.17. The highest BCUT2D eigenvalue weighted by Gasteiger charge is 2.47. The van der Waals surface area contributed by atoms with E-state index in [4.69, 9.17) is 0 Å². The highest BCUT2D eigenvalue weighted by Crippen LogP contribution is 2.35. The van der Waals surface area contributed by atoms with Crippen molar-refractivity contribution in [2.75, 3.05) is 6.54 Å². The van der Waals surface area contributed by atoms with E-state index in [0.29, 0.717) is 24.8 Å². The van der Waals surface area contributed by atoms with Crippen LogP contribution in [0.1, 0.15) is 115 Å². The van der Waals surface area contributed by atoms with Gasteiger partial charge < -0.3 is 26.0 Å². The van der Waals surface area contributed by atoms with Crippen molar-refractivity contribution in [2.24, 2.45) is 23.2 Å². The molecule has 0 spiro atoms. The van der Waals surface area contributed by atoms with Gasteiger partial charge in [-0.1, -0.05) is 97.1 Å². The van der Waals surface area contributed by atoms with Crippen molar-refractivity contribution < 1.29 is 38.7 Å². The molecule has 4 N–H and O–H groups in total. The molecule has 1 aliphatic carbocycles. The number of nitrogens with zero attached hydrogens (tertiary/aromatic N) is 3. The van der Waals surface area contributed by atoms with E-state index < -0.39 is 70.9 Å². The van der Waals surface area contributed by atoms with Crippen LogP contribution >= 0.6 is 0 Å². The molecule has 2 fully saturated rings. The highest BCUT2D eigenvalue weighted by atomic mass is 16.4. The summed E-state index contributed by atoms with van der Waals surface area (Å²) in [6.45, 7) is 9.42. The predicted octanol–water partition coefficient (Wildman–Crippen LogP) is 4.07. The molecular formula is C42H58N6O8. The normalized spacial score (nSPS) is 19.6. The Bertz CT molecular complexity index is 1690. The van der Waals surface area contributed by atoms with Crippen LogP contribution in [-0.4, -0.2) is 91.9 Å². The molecule has 6 atom stereocenters. The fourth-order valence-electron chi connectivity index (χ4n) is 7.96. The summed E-state index contributed by atoms with van der Waals surface area (Å²) in [5, 5.41) is 17.9. The quantitative estimate of drug-likeness (QED) is 0.126. The zero-order valence-corrected chi connectivity index (χ0v) is 33.3. The van der Waals surface area contributed by atoms with Crippen molar-refractivity contribution in [3.63, 3.8) is 0 Å². The number of carbonyl (C=O) groups is 7. The number of carboxylic acids is 1. The van der Waals surface area contributed by atoms with Crippen LogP contribution in [0.3, 0.4) is 0 Å². The zero-order valence-electron chi connectivity index (χ0n) is 33.3. The number of likely N-dealkylation sites (tertiary alicyclic amines) is 1. The van der Waals surface area contributed by atoms with Crippen molar-refractivity contribution >= 4 is 41.2 Å². The molecule has 14 nitrogen and oxygen atoms in total. The van der Waals surface area contributed by atoms with Gasteiger partial charge in [0.05, 0.1) is 12.2 Å². The number of hydrogen-bond acceptors (Lipinski definition) is 9. The Labute approximate surface area is 329 Å². The maximum Gasteiger partial charge on any atom is 0.326 e. The minimum absolute atomic E-state index is 0.0395. The number of ketones is 2. The van der Waals surface area contributed by atoms with E-state index in [1.54, 1.807) is 37.3 Å². The first-order valence-corrected chi connectivity index (χ1v) is 20.0. The predicted molar refractivity (Wildman–Crippen MR) is 208 cm³/mol. The molecule has 0 bridgehead atoms. The second kappa shape index (κ2) is 20.2. The molecule has 14 heteroatoms. The zero-order chi connectivity index (χ0) is 41.0. The van der Waals surface area contributed by atoms with Crippen molar-refractivity contribution in [1.82, 2.24) is 30.8 Å². The molecule has 2 heterocycles. The van der Waals surface area contributed by atoms with Crippen LogP contribution in [0.5, 0.6) is 0 Å². The van der Waals surface area contributed by atoms with Crippen molar-refractivity contribution in [3.8, 4) is 0 Å². The van der Waals surface area contributed by atoms with E-state index >= 15 is 0 Å². The molecule has 1 aliphatic heterocycles. The van der Waals surface area contributed by atoms with Gasteiger partial charge in [-0.25, -0.2) is 9.78 Å². The lowest BCUT2D eigenvalue weighted by molar-refractivity contribution is -0.147. The summed E-state index contributed by atoms with van der Waals surface area (Å²) >= 11 is 0. The van der Waals surface area contributed by atoms with Crippen LogP contribution in [-0.2, 0) is 35.2 Å². The summed E-state index contributed by atoms with van der Waals surface area (Å²) in [4.78, 5) is 105. The summed E-state index contributed by atoms with van der Waals surface area (Å²) in [6.07, 6.45) is 10.3. The number of aromatic nitrogens is 2. The second-order valence-corrected chi connectivity index (χ2v) is 16.2. The fourth-order valence-corrected chi connectivity index (χ4v) is 7.96. The van der Waals surface area contributed by atoms with E-state index in [2.05, 4.69) is 25.9 Å². The summed E-state index contributed by atoms with van der Waals surface area (Å²) < 4.78 is 0. The molecule has 304 valence electrons. The Morgan fingerprint density at radius 3 is 2.18 bits per heavy atom. The molecule has 1 unspecified atom stereocenters. The van der Waals surface area contributed by atoms with E-state index in [9.17, 15) is 38.7 Å². The first kappa shape index (κ1) is 43.7. The van der Waals surface area contributed by atoms with E-state index in [1.165, 1.54) is 23.5 Å². The molecule has 1 aromatic heterocycles. The van der Waals surface area contributed by atoms with Crippen LogP contribution < -0.4 is 16.0 Å². The van der Waals surface area contributed by atoms with Crippen LogP contribution in [0.4, 0.5) is 0 Å². The van der Waals surface area contributed by atoms with Crippen molar-refractivity contribution in [3.05, 3.63) is 60.2 Å². The van der Waals surface area contributed by atoms with Gasteiger partial charge in [0.15, 0.2) is 5.78 Å². The van der Waals surface area contributed by atoms with E-state index in [1.807, 2.05) is 27.7 Å². The van der Waals surface area contributed by atoms with Gasteiger partial charge in [0, 0.05) is 37.7 Å². The monoisotopic (exact) mass is 774 g/mol. The highest BCUT2D eigenvalue weighted by molar-refractivity contribution is 6.38. The number of carboxylic acid groups (broad SMARTS) is 1. The van der Waals surface area contributed by atoms with Crippen molar-refractivity contribution in [2.45, 2.75) is 129 Å². The minimum atomic E-state index is -1.37. The molecule has 2 aromatic rings. The Hall–Kier alpha value is -5.01. The van der Waals surface area contributed by atoms with Gasteiger partial charge in [0.1, 0.15) is 23.8 Å². The number of carbonyl (C=O) groups excluding carboxylic acids is 6. The average molecular weight is 775 g/mol. The van der Waals surface area contributed by atoms with Gasteiger partial charge in [-0.15, -0.1) is 0 Å². The number of Topliss-reactive ketones (excluding diaryl/α,β-unsaturated/α-hetero) is 2. The lowest BCUT2D eigenvalue weighted by Crippen LogP contribution is -2.60. The number of nitrogens with one attached hydrogen (secondary N) is 3. The van der Waals surface area contributed by atoms with Gasteiger partial charge in [-0.2, -0.15) is 0 Å². The SMILES string of the molecule is CCCC(NC(=O)[C@@H]1[C@@H](CC)CCN1C(=O)[C@@H](NC(=O)[C@@H](CC(=O)c1cnccn1)C1CCCCC1)C(C)(C)C)C(=O)C(=O)N[C@@H](Cc1ccccc1)C(=O)O. The second-order valence-electron chi connectivity index (χ2n) is 16.2. The number of aliphatic carboxylic acids is 1. The Morgan fingerprint density at radius 1 is 0.893 bits per heavy atom. The van der Waals surface area contributed by atoms with Crippen LogP contribution in [0.15, 0.2) is 48.9 Å². The molecule has 2 aliphatic rings. The van der Waals surface area contributed by atoms with E-state index in [0.717, 1.165) is 32.1 Å². The lowest BCUT2D eigenvalue weighted by Gasteiger charge is -2.38. The molecule has 1 aromatic carbocycles. The molecular weight excluding hydrogens is 716 g/mol. The number of rotatable bonds is 18. The molecule has 1 saturated heterocycles. The van der Waals surface area contributed by atoms with Gasteiger partial charge >= 0.3 is 5.97 Å². The maximum atomic E-state index is 14.6. The number of benzene rings is 1. The molecule has 56 heavy (non-hydrogen) atoms. The van der Waals surface area contributed by atoms with Crippen molar-refractivity contribution in [1.29, 1.82) is 0 Å². The fraction of sp³-hybridized carbons (Fsp3) is 0.595. The first-order chi connectivity index (χ1) is 26.7. The van der Waals surface area contributed by atoms with E-state index in [-0.39, 0.29) is 49.1 Å². The van der Waals surface area contributed by atoms with Gasteiger partial charge in [0.2, 0.25) is 23.5 Å². The number of hydrogen-bond donors (Lipinski definition) is 4. The topological polar surface area (TPSA) is 205 Å². The molecule has 0 radical (unpaired) electrons. The van der Waals surface area contributed by atoms with Crippen LogP contribution in [0, 0.1) is 23.2 Å². The Morgan fingerprint density at radius 2 is 1.59 bits per heavy atom. The molecule has 4 amide bonds. The maximum absolute atomic E-state index is 14.6. The summed E-state index contributed by atoms with van der Waals surface area (Å²) in [6, 6.07) is 4.05. The third-order valence-electron chi connectivity index (χ3n) is 11.1. The first-order valence-electron chi connectivity index (χ1n) is 20.0. The molecule has 4 rings (SSSR count). The van der Waals surface area contributed by atoms with Gasteiger partial charge in [-0.3, -0.25) is 33.8 Å². The minimum Gasteiger partial charge on any atom is -0.480 e. The third kappa shape index (κ3) is 11.5.